The van der Waals surface area contributed by atoms with Gasteiger partial charge in [0, 0.05) is 18.7 Å². The second-order valence-corrected chi connectivity index (χ2v) is 5.87. The van der Waals surface area contributed by atoms with Crippen LogP contribution in [0.2, 0.25) is 0 Å². The molecule has 0 bridgehead atoms. The molecule has 1 atom stereocenters. The van der Waals surface area contributed by atoms with Crippen LogP contribution in [0.3, 0.4) is 0 Å². The smallest absolute Gasteiger partial charge is 0.293 e. The average molecular weight is 303 g/mol. The molecule has 0 aliphatic rings. The third-order valence-electron chi connectivity index (χ3n) is 2.44. The molecule has 0 saturated heterocycles. The molecule has 0 amide bonds. The highest BCUT2D eigenvalue weighted by Gasteiger charge is 2.21. The van der Waals surface area contributed by atoms with Gasteiger partial charge in [0.2, 0.25) is 10.0 Å². The van der Waals surface area contributed by atoms with Crippen molar-refractivity contribution in [2.45, 2.75) is 24.8 Å². The van der Waals surface area contributed by atoms with Crippen LogP contribution in [0.5, 0.6) is 0 Å². The van der Waals surface area contributed by atoms with Crippen LogP contribution in [0, 0.1) is 10.1 Å². The molecule has 0 spiro atoms. The fourth-order valence-corrected chi connectivity index (χ4v) is 2.76. The van der Waals surface area contributed by atoms with Crippen LogP contribution in [-0.2, 0) is 14.8 Å². The van der Waals surface area contributed by atoms with Crippen molar-refractivity contribution in [1.82, 2.24) is 4.72 Å². The Morgan fingerprint density at radius 2 is 2.15 bits per heavy atom. The van der Waals surface area contributed by atoms with Crippen molar-refractivity contribution in [1.29, 1.82) is 0 Å². The molecule has 0 aliphatic heterocycles. The Hall–Kier alpha value is -1.71. The van der Waals surface area contributed by atoms with Gasteiger partial charge in [0.1, 0.15) is 5.69 Å². The van der Waals surface area contributed by atoms with Gasteiger partial charge < -0.3 is 10.5 Å². The van der Waals surface area contributed by atoms with E-state index in [2.05, 4.69) is 4.72 Å². The molecule has 8 nitrogen and oxygen atoms in total. The zero-order chi connectivity index (χ0) is 15.3. The van der Waals surface area contributed by atoms with Gasteiger partial charge in [-0.2, -0.15) is 0 Å². The molecule has 0 radical (unpaired) electrons. The van der Waals surface area contributed by atoms with Gasteiger partial charge in [0.25, 0.3) is 5.69 Å². The first-order valence-electron chi connectivity index (χ1n) is 5.92. The van der Waals surface area contributed by atoms with Crippen LogP contribution in [0.4, 0.5) is 11.4 Å². The quantitative estimate of drug-likeness (QED) is 0.437. The van der Waals surface area contributed by atoms with E-state index in [-0.39, 0.29) is 17.2 Å². The Kier molecular flexibility index (Phi) is 5.43. The Labute approximate surface area is 117 Å². The number of nitrogens with one attached hydrogen (secondary N) is 1. The summed E-state index contributed by atoms with van der Waals surface area (Å²) in [6.07, 6.45) is 0. The average Bonchev–Trinajstić information content (AvgIpc) is 2.35. The maximum Gasteiger partial charge on any atom is 0.293 e. The van der Waals surface area contributed by atoms with Crippen LogP contribution in [0.25, 0.3) is 0 Å². The van der Waals surface area contributed by atoms with E-state index in [1.807, 2.05) is 0 Å². The number of nitrogens with two attached hydrogens (primary N) is 1. The van der Waals surface area contributed by atoms with Gasteiger partial charge in [-0.05, 0) is 26.0 Å². The molecule has 1 rings (SSSR count). The van der Waals surface area contributed by atoms with Gasteiger partial charge in [-0.15, -0.1) is 0 Å². The summed E-state index contributed by atoms with van der Waals surface area (Å²) in [5.41, 5.74) is 4.90. The number of nitrogens with zero attached hydrogens (tertiary/aromatic N) is 1. The maximum absolute atomic E-state index is 12.1. The SMILES string of the molecule is CCOCC(C)NS(=O)(=O)c1ccc(N)c([N+](=O)[O-])c1. The first kappa shape index (κ1) is 16.3. The Balaban J connectivity index is 2.98. The van der Waals surface area contributed by atoms with E-state index >= 15 is 0 Å². The van der Waals surface area contributed by atoms with Gasteiger partial charge in [-0.1, -0.05) is 0 Å². The third-order valence-corrected chi connectivity index (χ3v) is 4.02. The molecule has 9 heteroatoms. The number of rotatable bonds is 7. The number of nitro groups is 1. The monoisotopic (exact) mass is 303 g/mol. The van der Waals surface area contributed by atoms with E-state index in [4.69, 9.17) is 10.5 Å². The fraction of sp³-hybridized carbons (Fsp3) is 0.455. The topological polar surface area (TPSA) is 125 Å². The number of hydrogen-bond donors (Lipinski definition) is 2. The molecule has 1 unspecified atom stereocenters. The zero-order valence-corrected chi connectivity index (χ0v) is 12.0. The van der Waals surface area contributed by atoms with Crippen LogP contribution in [-0.4, -0.2) is 32.6 Å². The zero-order valence-electron chi connectivity index (χ0n) is 11.2. The fourth-order valence-electron chi connectivity index (χ4n) is 1.51. The summed E-state index contributed by atoms with van der Waals surface area (Å²) in [5.74, 6) is 0. The summed E-state index contributed by atoms with van der Waals surface area (Å²) in [4.78, 5) is 9.82. The van der Waals surface area contributed by atoms with Crippen LogP contribution in [0.1, 0.15) is 13.8 Å². The van der Waals surface area contributed by atoms with E-state index in [1.54, 1.807) is 13.8 Å². The second-order valence-electron chi connectivity index (χ2n) is 4.16. The van der Waals surface area contributed by atoms with E-state index in [9.17, 15) is 18.5 Å². The molecule has 0 aromatic heterocycles. The molecule has 0 fully saturated rings. The molecule has 0 heterocycles. The molecular weight excluding hydrogens is 286 g/mol. The van der Waals surface area contributed by atoms with Gasteiger partial charge in [0.15, 0.2) is 0 Å². The van der Waals surface area contributed by atoms with Crippen molar-refractivity contribution in [3.8, 4) is 0 Å². The lowest BCUT2D eigenvalue weighted by Gasteiger charge is -2.14. The van der Waals surface area contributed by atoms with Gasteiger partial charge >= 0.3 is 0 Å². The maximum atomic E-state index is 12.1. The van der Waals surface area contributed by atoms with E-state index in [1.165, 1.54) is 12.1 Å². The highest BCUT2D eigenvalue weighted by atomic mass is 32.2. The molecule has 1 aromatic rings. The molecule has 112 valence electrons. The van der Waals surface area contributed by atoms with Crippen LogP contribution < -0.4 is 10.5 Å². The van der Waals surface area contributed by atoms with Crippen molar-refractivity contribution < 1.29 is 18.1 Å². The van der Waals surface area contributed by atoms with E-state index in [0.29, 0.717) is 6.61 Å². The molecule has 3 N–H and O–H groups in total. The van der Waals surface area contributed by atoms with E-state index < -0.39 is 26.7 Å². The van der Waals surface area contributed by atoms with Crippen molar-refractivity contribution in [3.05, 3.63) is 28.3 Å². The summed E-state index contributed by atoms with van der Waals surface area (Å²) in [7, 11) is -3.85. The lowest BCUT2D eigenvalue weighted by atomic mass is 10.3. The van der Waals surface area contributed by atoms with Crippen molar-refractivity contribution >= 4 is 21.4 Å². The van der Waals surface area contributed by atoms with Crippen molar-refractivity contribution in [3.63, 3.8) is 0 Å². The largest absolute Gasteiger partial charge is 0.393 e. The normalized spacial score (nSPS) is 13.1. The number of hydrogen-bond acceptors (Lipinski definition) is 6. The molecule has 0 aliphatic carbocycles. The van der Waals surface area contributed by atoms with Gasteiger partial charge in [-0.25, -0.2) is 13.1 Å². The van der Waals surface area contributed by atoms with Crippen molar-refractivity contribution in [2.75, 3.05) is 18.9 Å². The van der Waals surface area contributed by atoms with Crippen LogP contribution >= 0.6 is 0 Å². The summed E-state index contributed by atoms with van der Waals surface area (Å²) in [6.45, 7) is 4.12. The Morgan fingerprint density at radius 3 is 2.70 bits per heavy atom. The minimum atomic E-state index is -3.85. The Bertz CT molecular complexity index is 588. The molecule has 1 aromatic carbocycles. The highest BCUT2D eigenvalue weighted by Crippen LogP contribution is 2.24. The first-order chi connectivity index (χ1) is 9.27. The first-order valence-corrected chi connectivity index (χ1v) is 7.40. The lowest BCUT2D eigenvalue weighted by Crippen LogP contribution is -2.35. The summed E-state index contributed by atoms with van der Waals surface area (Å²) < 4.78 is 31.6. The number of ether oxygens (including phenoxy) is 1. The Morgan fingerprint density at radius 1 is 1.50 bits per heavy atom. The third kappa shape index (κ3) is 4.15. The number of anilines is 1. The number of nitrogen functional groups attached to an aromatic ring is 1. The minimum absolute atomic E-state index is 0.0867. The highest BCUT2D eigenvalue weighted by molar-refractivity contribution is 7.89. The second kappa shape index (κ2) is 6.64. The predicted molar refractivity (Wildman–Crippen MR) is 73.8 cm³/mol. The summed E-state index contributed by atoms with van der Waals surface area (Å²) in [5, 5.41) is 10.8. The number of nitro benzene ring substituents is 1. The van der Waals surface area contributed by atoms with Gasteiger partial charge in [0.05, 0.1) is 16.4 Å². The number of benzene rings is 1. The summed E-state index contributed by atoms with van der Waals surface area (Å²) >= 11 is 0. The molecular formula is C11H17N3O5S. The predicted octanol–water partition coefficient (Wildman–Crippen LogP) is 0.880. The lowest BCUT2D eigenvalue weighted by molar-refractivity contribution is -0.384. The summed E-state index contributed by atoms with van der Waals surface area (Å²) in [6, 6.07) is 2.90. The van der Waals surface area contributed by atoms with Crippen LogP contribution in [0.15, 0.2) is 23.1 Å². The minimum Gasteiger partial charge on any atom is -0.393 e. The van der Waals surface area contributed by atoms with E-state index in [0.717, 1.165) is 6.07 Å². The number of sulfonamides is 1. The standard InChI is InChI=1S/C11H17N3O5S/c1-3-19-7-8(2)13-20(17,18)9-4-5-10(12)11(6-9)14(15)16/h4-6,8,13H,3,7,12H2,1-2H3. The van der Waals surface area contributed by atoms with Crippen molar-refractivity contribution in [2.24, 2.45) is 0 Å². The molecule has 20 heavy (non-hydrogen) atoms. The van der Waals surface area contributed by atoms with Gasteiger partial charge in [-0.3, -0.25) is 10.1 Å². The molecule has 0 saturated carbocycles.